The van der Waals surface area contributed by atoms with E-state index in [1.807, 2.05) is 20.8 Å². The van der Waals surface area contributed by atoms with Gasteiger partial charge in [-0.1, -0.05) is 62.2 Å². The second-order valence-electron chi connectivity index (χ2n) is 9.52. The number of likely N-dealkylation sites (tertiary alicyclic amines) is 1. The SMILES string of the molecule is CC(C)(C)CC1N(CC(O)O)CC(c2cccc(Cl)c2F)C1(C#N)c1ccc(Cl)cc1F. The molecule has 0 spiro atoms. The molecular weight excluding hydrogens is 457 g/mol. The van der Waals surface area contributed by atoms with Gasteiger partial charge in [0.05, 0.1) is 11.1 Å². The Morgan fingerprint density at radius 1 is 1.22 bits per heavy atom. The van der Waals surface area contributed by atoms with Gasteiger partial charge in [0.2, 0.25) is 0 Å². The molecule has 2 N–H and O–H groups in total. The number of hydrogen-bond acceptors (Lipinski definition) is 4. The lowest BCUT2D eigenvalue weighted by Crippen LogP contribution is -2.47. The molecule has 1 aliphatic rings. The minimum Gasteiger partial charge on any atom is -0.367 e. The molecule has 172 valence electrons. The first-order valence-corrected chi connectivity index (χ1v) is 11.1. The van der Waals surface area contributed by atoms with Crippen molar-refractivity contribution in [1.82, 2.24) is 4.90 Å². The van der Waals surface area contributed by atoms with Crippen molar-refractivity contribution in [1.29, 1.82) is 5.26 Å². The van der Waals surface area contributed by atoms with E-state index in [9.17, 15) is 15.5 Å². The van der Waals surface area contributed by atoms with E-state index >= 15 is 8.78 Å². The highest BCUT2D eigenvalue weighted by atomic mass is 35.5. The predicted molar refractivity (Wildman–Crippen MR) is 121 cm³/mol. The van der Waals surface area contributed by atoms with Crippen LogP contribution in [0.15, 0.2) is 36.4 Å². The zero-order valence-corrected chi connectivity index (χ0v) is 19.6. The second kappa shape index (κ2) is 9.24. The van der Waals surface area contributed by atoms with E-state index in [1.165, 1.54) is 18.2 Å². The lowest BCUT2D eigenvalue weighted by Gasteiger charge is -2.39. The summed E-state index contributed by atoms with van der Waals surface area (Å²) < 4.78 is 30.5. The lowest BCUT2D eigenvalue weighted by molar-refractivity contribution is -0.0666. The fourth-order valence-corrected chi connectivity index (χ4v) is 5.19. The van der Waals surface area contributed by atoms with Gasteiger partial charge in [-0.25, -0.2) is 8.78 Å². The van der Waals surface area contributed by atoms with E-state index in [0.717, 1.165) is 6.07 Å². The van der Waals surface area contributed by atoms with Gasteiger partial charge in [-0.15, -0.1) is 0 Å². The van der Waals surface area contributed by atoms with E-state index in [1.54, 1.807) is 17.0 Å². The highest BCUT2D eigenvalue weighted by Crippen LogP contribution is 2.53. The largest absolute Gasteiger partial charge is 0.367 e. The molecule has 0 amide bonds. The Labute approximate surface area is 197 Å². The topological polar surface area (TPSA) is 67.5 Å². The summed E-state index contributed by atoms with van der Waals surface area (Å²) in [5, 5.41) is 30.2. The normalized spacial score (nSPS) is 24.2. The maximum atomic E-state index is 15.3. The highest BCUT2D eigenvalue weighted by molar-refractivity contribution is 6.31. The average molecular weight is 483 g/mol. The number of aliphatic hydroxyl groups is 2. The number of benzene rings is 2. The van der Waals surface area contributed by atoms with Gasteiger partial charge >= 0.3 is 0 Å². The van der Waals surface area contributed by atoms with E-state index in [-0.39, 0.29) is 39.7 Å². The lowest BCUT2D eigenvalue weighted by atomic mass is 9.64. The Hall–Kier alpha value is -1.75. The molecule has 2 aromatic rings. The first-order valence-electron chi connectivity index (χ1n) is 10.3. The molecule has 1 heterocycles. The fourth-order valence-electron chi connectivity index (χ4n) is 4.85. The first kappa shape index (κ1) is 24.9. The molecule has 3 atom stereocenters. The van der Waals surface area contributed by atoms with Crippen molar-refractivity contribution in [2.45, 2.75) is 50.9 Å². The average Bonchev–Trinajstić information content (AvgIpc) is 2.96. The number of aliphatic hydroxyl groups excluding tert-OH is 1. The van der Waals surface area contributed by atoms with Crippen molar-refractivity contribution in [2.75, 3.05) is 13.1 Å². The van der Waals surface area contributed by atoms with Crippen molar-refractivity contribution in [3.8, 4) is 6.07 Å². The van der Waals surface area contributed by atoms with Crippen LogP contribution in [-0.2, 0) is 5.41 Å². The molecule has 32 heavy (non-hydrogen) atoms. The molecular formula is C24H26Cl2F2N2O2. The van der Waals surface area contributed by atoms with Gasteiger partial charge < -0.3 is 10.2 Å². The fraction of sp³-hybridized carbons (Fsp3) is 0.458. The van der Waals surface area contributed by atoms with Crippen LogP contribution in [0.2, 0.25) is 10.0 Å². The van der Waals surface area contributed by atoms with Crippen molar-refractivity contribution in [3.05, 3.63) is 69.2 Å². The summed E-state index contributed by atoms with van der Waals surface area (Å²) in [5.41, 5.74) is -1.54. The number of rotatable bonds is 5. The van der Waals surface area contributed by atoms with E-state index in [2.05, 4.69) is 6.07 Å². The smallest absolute Gasteiger partial charge is 0.164 e. The molecule has 8 heteroatoms. The molecule has 0 aliphatic carbocycles. The Bertz CT molecular complexity index is 1040. The summed E-state index contributed by atoms with van der Waals surface area (Å²) in [6.45, 7) is 5.89. The van der Waals surface area contributed by atoms with Crippen molar-refractivity contribution < 1.29 is 19.0 Å². The van der Waals surface area contributed by atoms with Crippen LogP contribution in [0, 0.1) is 28.4 Å². The van der Waals surface area contributed by atoms with Gasteiger partial charge in [0.1, 0.15) is 17.0 Å². The third kappa shape index (κ3) is 4.64. The van der Waals surface area contributed by atoms with Crippen LogP contribution in [0.5, 0.6) is 0 Å². The van der Waals surface area contributed by atoms with E-state index < -0.39 is 35.3 Å². The number of β-amino-alcohol motifs (C(OH)–C–C–N with tert-alkyl or cyclic N) is 2. The summed E-state index contributed by atoms with van der Waals surface area (Å²) >= 11 is 12.0. The Morgan fingerprint density at radius 3 is 2.47 bits per heavy atom. The number of nitrogens with zero attached hydrogens (tertiary/aromatic N) is 2. The van der Waals surface area contributed by atoms with Crippen LogP contribution in [0.4, 0.5) is 8.78 Å². The zero-order chi connectivity index (χ0) is 23.8. The van der Waals surface area contributed by atoms with Gasteiger partial charge in [-0.05, 0) is 35.6 Å². The molecule has 0 bridgehead atoms. The number of hydrogen-bond donors (Lipinski definition) is 2. The van der Waals surface area contributed by atoms with Gasteiger partial charge in [0, 0.05) is 35.6 Å². The Morgan fingerprint density at radius 2 is 1.91 bits per heavy atom. The summed E-state index contributed by atoms with van der Waals surface area (Å²) in [7, 11) is 0. The highest BCUT2D eigenvalue weighted by Gasteiger charge is 2.58. The molecule has 1 fully saturated rings. The monoisotopic (exact) mass is 482 g/mol. The van der Waals surface area contributed by atoms with Gasteiger partial charge in [0.25, 0.3) is 0 Å². The van der Waals surface area contributed by atoms with Crippen LogP contribution in [0.25, 0.3) is 0 Å². The molecule has 1 aliphatic heterocycles. The third-order valence-electron chi connectivity index (χ3n) is 6.06. The van der Waals surface area contributed by atoms with Crippen LogP contribution < -0.4 is 0 Å². The van der Waals surface area contributed by atoms with Crippen LogP contribution in [0.1, 0.15) is 44.2 Å². The molecule has 3 unspecified atom stereocenters. The molecule has 3 rings (SSSR count). The molecule has 0 radical (unpaired) electrons. The Kier molecular flexibility index (Phi) is 7.19. The maximum absolute atomic E-state index is 15.3. The summed E-state index contributed by atoms with van der Waals surface area (Å²) in [4.78, 5) is 1.73. The Balaban J connectivity index is 2.33. The molecule has 1 saturated heterocycles. The third-order valence-corrected chi connectivity index (χ3v) is 6.58. The standard InChI is InChI=1S/C24H26Cl2F2N2O2/c1-23(2,3)10-20-24(13-29,16-8-7-14(25)9-19(16)27)17(11-30(20)12-21(31)32)15-5-4-6-18(26)22(15)28/h4-9,17,20-21,31-32H,10-12H2,1-3H3. The maximum Gasteiger partial charge on any atom is 0.164 e. The van der Waals surface area contributed by atoms with Crippen LogP contribution in [-0.4, -0.2) is 40.5 Å². The van der Waals surface area contributed by atoms with Gasteiger partial charge in [0.15, 0.2) is 6.29 Å². The second-order valence-corrected chi connectivity index (χ2v) is 10.4. The van der Waals surface area contributed by atoms with Crippen LogP contribution >= 0.6 is 23.2 Å². The summed E-state index contributed by atoms with van der Waals surface area (Å²) in [6, 6.07) is 10.3. The summed E-state index contributed by atoms with van der Waals surface area (Å²) in [5.74, 6) is -2.15. The predicted octanol–water partition coefficient (Wildman–Crippen LogP) is 5.25. The molecule has 4 nitrogen and oxygen atoms in total. The zero-order valence-electron chi connectivity index (χ0n) is 18.1. The molecule has 2 aromatic carbocycles. The van der Waals surface area contributed by atoms with Gasteiger partial charge in [-0.3, -0.25) is 4.90 Å². The van der Waals surface area contributed by atoms with Crippen LogP contribution in [0.3, 0.4) is 0 Å². The first-order chi connectivity index (χ1) is 14.9. The van der Waals surface area contributed by atoms with Crippen molar-refractivity contribution in [2.24, 2.45) is 5.41 Å². The number of nitriles is 1. The van der Waals surface area contributed by atoms with Crippen molar-refractivity contribution in [3.63, 3.8) is 0 Å². The van der Waals surface area contributed by atoms with E-state index in [4.69, 9.17) is 23.2 Å². The molecule has 0 saturated carbocycles. The minimum atomic E-state index is -1.67. The molecule has 0 aromatic heterocycles. The number of halogens is 4. The summed E-state index contributed by atoms with van der Waals surface area (Å²) in [6.07, 6.45) is -1.25. The minimum absolute atomic E-state index is 0.0953. The van der Waals surface area contributed by atoms with Crippen molar-refractivity contribution >= 4 is 23.2 Å². The van der Waals surface area contributed by atoms with E-state index in [0.29, 0.717) is 6.42 Å². The quantitative estimate of drug-likeness (QED) is 0.571. The van der Waals surface area contributed by atoms with Gasteiger partial charge in [-0.2, -0.15) is 5.26 Å².